The van der Waals surface area contributed by atoms with E-state index in [1.165, 1.54) is 0 Å². The number of aryl methyl sites for hydroxylation is 1. The molecule has 0 aliphatic rings. The summed E-state index contributed by atoms with van der Waals surface area (Å²) >= 11 is 0. The number of carbonyl (C=O) groups excluding carboxylic acids is 1. The van der Waals surface area contributed by atoms with E-state index in [1.807, 2.05) is 26.0 Å². The predicted molar refractivity (Wildman–Crippen MR) is 75.7 cm³/mol. The lowest BCUT2D eigenvalue weighted by Crippen LogP contribution is -2.27. The standard InChI is InChI=1S/C15H21NO3/c1-11(2)10-19-8-7-16-15(17)13-9-12(3)5-6-14(13)18-4/h5-6,9H,1,7-8,10H2,2-4H3,(H,16,17). The van der Waals surface area contributed by atoms with Crippen molar-refractivity contribution in [3.63, 3.8) is 0 Å². The quantitative estimate of drug-likeness (QED) is 0.606. The van der Waals surface area contributed by atoms with Crippen LogP contribution in [0.1, 0.15) is 22.8 Å². The maximum absolute atomic E-state index is 12.0. The molecule has 0 bridgehead atoms. The van der Waals surface area contributed by atoms with Crippen LogP contribution >= 0.6 is 0 Å². The van der Waals surface area contributed by atoms with Crippen molar-refractivity contribution >= 4 is 5.91 Å². The van der Waals surface area contributed by atoms with Crippen LogP contribution in [0.25, 0.3) is 0 Å². The molecule has 0 radical (unpaired) electrons. The summed E-state index contributed by atoms with van der Waals surface area (Å²) in [6, 6.07) is 5.51. The van der Waals surface area contributed by atoms with Gasteiger partial charge in [-0.1, -0.05) is 23.8 Å². The van der Waals surface area contributed by atoms with E-state index < -0.39 is 0 Å². The predicted octanol–water partition coefficient (Wildman–Crippen LogP) is 2.33. The van der Waals surface area contributed by atoms with Crippen molar-refractivity contribution in [2.24, 2.45) is 0 Å². The number of methoxy groups -OCH3 is 1. The van der Waals surface area contributed by atoms with Crippen LogP contribution < -0.4 is 10.1 Å². The van der Waals surface area contributed by atoms with Gasteiger partial charge in [0.1, 0.15) is 5.75 Å². The van der Waals surface area contributed by atoms with Crippen LogP contribution in [-0.4, -0.2) is 32.8 Å². The molecule has 1 rings (SSSR count). The van der Waals surface area contributed by atoms with Crippen molar-refractivity contribution in [1.29, 1.82) is 0 Å². The van der Waals surface area contributed by atoms with Gasteiger partial charge in [0.2, 0.25) is 0 Å². The Morgan fingerprint density at radius 2 is 2.16 bits per heavy atom. The minimum atomic E-state index is -0.153. The van der Waals surface area contributed by atoms with Gasteiger partial charge in [-0.25, -0.2) is 0 Å². The normalized spacial score (nSPS) is 10.1. The molecule has 0 unspecified atom stereocenters. The average Bonchev–Trinajstić information content (AvgIpc) is 2.37. The van der Waals surface area contributed by atoms with Crippen molar-refractivity contribution in [3.8, 4) is 5.75 Å². The van der Waals surface area contributed by atoms with Crippen LogP contribution in [0.2, 0.25) is 0 Å². The molecule has 0 saturated carbocycles. The summed E-state index contributed by atoms with van der Waals surface area (Å²) in [4.78, 5) is 12.0. The fourth-order valence-corrected chi connectivity index (χ4v) is 1.58. The molecule has 0 aromatic heterocycles. The fraction of sp³-hybridized carbons (Fsp3) is 0.400. The lowest BCUT2D eigenvalue weighted by molar-refractivity contribution is 0.0923. The summed E-state index contributed by atoms with van der Waals surface area (Å²) < 4.78 is 10.5. The summed E-state index contributed by atoms with van der Waals surface area (Å²) in [6.45, 7) is 9.02. The first-order valence-corrected chi connectivity index (χ1v) is 6.19. The third-order valence-corrected chi connectivity index (χ3v) is 2.48. The molecule has 1 amide bonds. The summed E-state index contributed by atoms with van der Waals surface area (Å²) in [7, 11) is 1.55. The van der Waals surface area contributed by atoms with Gasteiger partial charge in [-0.2, -0.15) is 0 Å². The molecule has 0 atom stereocenters. The van der Waals surface area contributed by atoms with Crippen LogP contribution in [0.3, 0.4) is 0 Å². The molecule has 1 aromatic rings. The Bertz CT molecular complexity index is 455. The van der Waals surface area contributed by atoms with Crippen molar-refractivity contribution in [3.05, 3.63) is 41.5 Å². The second-order valence-corrected chi connectivity index (χ2v) is 4.47. The van der Waals surface area contributed by atoms with E-state index in [1.54, 1.807) is 13.2 Å². The van der Waals surface area contributed by atoms with Gasteiger partial charge in [0.25, 0.3) is 5.91 Å². The summed E-state index contributed by atoms with van der Waals surface area (Å²) in [6.07, 6.45) is 0. The first-order chi connectivity index (χ1) is 9.04. The number of nitrogens with one attached hydrogen (secondary N) is 1. The Morgan fingerprint density at radius 1 is 1.42 bits per heavy atom. The molecule has 0 heterocycles. The number of amides is 1. The lowest BCUT2D eigenvalue weighted by Gasteiger charge is -2.10. The number of ether oxygens (including phenoxy) is 2. The first kappa shape index (κ1) is 15.2. The molecule has 4 heteroatoms. The van der Waals surface area contributed by atoms with Crippen molar-refractivity contribution in [2.45, 2.75) is 13.8 Å². The van der Waals surface area contributed by atoms with Gasteiger partial charge >= 0.3 is 0 Å². The smallest absolute Gasteiger partial charge is 0.255 e. The number of hydrogen-bond donors (Lipinski definition) is 1. The van der Waals surface area contributed by atoms with E-state index in [0.717, 1.165) is 11.1 Å². The maximum Gasteiger partial charge on any atom is 0.255 e. The van der Waals surface area contributed by atoms with E-state index in [4.69, 9.17) is 9.47 Å². The molecule has 1 aromatic carbocycles. The highest BCUT2D eigenvalue weighted by Crippen LogP contribution is 2.19. The molecule has 0 saturated heterocycles. The Balaban J connectivity index is 2.49. The number of carbonyl (C=O) groups is 1. The van der Waals surface area contributed by atoms with E-state index in [2.05, 4.69) is 11.9 Å². The Hall–Kier alpha value is -1.81. The third kappa shape index (κ3) is 5.14. The molecule has 0 fully saturated rings. The average molecular weight is 263 g/mol. The van der Waals surface area contributed by atoms with Gasteiger partial charge in [0.05, 0.1) is 25.9 Å². The number of benzene rings is 1. The molecule has 0 aliphatic carbocycles. The lowest BCUT2D eigenvalue weighted by atomic mass is 10.1. The monoisotopic (exact) mass is 263 g/mol. The summed E-state index contributed by atoms with van der Waals surface area (Å²) in [5, 5.41) is 2.80. The highest BCUT2D eigenvalue weighted by Gasteiger charge is 2.11. The molecule has 0 spiro atoms. The Kier molecular flexibility index (Phi) is 6.09. The summed E-state index contributed by atoms with van der Waals surface area (Å²) in [5.41, 5.74) is 2.53. The third-order valence-electron chi connectivity index (χ3n) is 2.48. The van der Waals surface area contributed by atoms with E-state index in [0.29, 0.717) is 31.1 Å². The Labute approximate surface area is 114 Å². The molecular weight excluding hydrogens is 242 g/mol. The van der Waals surface area contributed by atoms with Gasteiger partial charge in [0, 0.05) is 6.54 Å². The SMILES string of the molecule is C=C(C)COCCNC(=O)c1cc(C)ccc1OC. The van der Waals surface area contributed by atoms with Crippen LogP contribution in [0, 0.1) is 6.92 Å². The van der Waals surface area contributed by atoms with Crippen LogP contribution in [-0.2, 0) is 4.74 Å². The van der Waals surface area contributed by atoms with Crippen molar-refractivity contribution in [2.75, 3.05) is 26.9 Å². The molecule has 104 valence electrons. The van der Waals surface area contributed by atoms with Crippen LogP contribution in [0.15, 0.2) is 30.4 Å². The van der Waals surface area contributed by atoms with E-state index >= 15 is 0 Å². The van der Waals surface area contributed by atoms with Gasteiger partial charge in [0.15, 0.2) is 0 Å². The molecule has 19 heavy (non-hydrogen) atoms. The van der Waals surface area contributed by atoms with E-state index in [-0.39, 0.29) is 5.91 Å². The van der Waals surface area contributed by atoms with Crippen molar-refractivity contribution < 1.29 is 14.3 Å². The summed E-state index contributed by atoms with van der Waals surface area (Å²) in [5.74, 6) is 0.422. The zero-order valence-corrected chi connectivity index (χ0v) is 11.8. The van der Waals surface area contributed by atoms with Crippen molar-refractivity contribution in [1.82, 2.24) is 5.32 Å². The van der Waals surface area contributed by atoms with Gasteiger partial charge in [-0.05, 0) is 26.0 Å². The molecule has 4 nitrogen and oxygen atoms in total. The maximum atomic E-state index is 12.0. The second kappa shape index (κ2) is 7.59. The van der Waals surface area contributed by atoms with Gasteiger partial charge in [-0.3, -0.25) is 4.79 Å². The van der Waals surface area contributed by atoms with Crippen LogP contribution in [0.5, 0.6) is 5.75 Å². The Morgan fingerprint density at radius 3 is 2.79 bits per heavy atom. The van der Waals surface area contributed by atoms with Gasteiger partial charge < -0.3 is 14.8 Å². The minimum absolute atomic E-state index is 0.153. The zero-order valence-electron chi connectivity index (χ0n) is 11.8. The van der Waals surface area contributed by atoms with E-state index in [9.17, 15) is 4.79 Å². The van der Waals surface area contributed by atoms with Gasteiger partial charge in [-0.15, -0.1) is 0 Å². The zero-order chi connectivity index (χ0) is 14.3. The first-order valence-electron chi connectivity index (χ1n) is 6.19. The van der Waals surface area contributed by atoms with Crippen LogP contribution in [0.4, 0.5) is 0 Å². The highest BCUT2D eigenvalue weighted by atomic mass is 16.5. The molecule has 1 N–H and O–H groups in total. The molecular formula is C15H21NO3. The highest BCUT2D eigenvalue weighted by molar-refractivity contribution is 5.97. The number of hydrogen-bond acceptors (Lipinski definition) is 3. The largest absolute Gasteiger partial charge is 0.496 e. The molecule has 0 aliphatic heterocycles. The topological polar surface area (TPSA) is 47.6 Å². The minimum Gasteiger partial charge on any atom is -0.496 e. The fourth-order valence-electron chi connectivity index (χ4n) is 1.58. The second-order valence-electron chi connectivity index (χ2n) is 4.47. The number of rotatable bonds is 7.